The Labute approximate surface area is 128 Å². The quantitative estimate of drug-likeness (QED) is 0.861. The maximum Gasteiger partial charge on any atom is 0.320 e. The molecule has 0 radical (unpaired) electrons. The second-order valence-corrected chi connectivity index (χ2v) is 6.25. The van der Waals surface area contributed by atoms with Gasteiger partial charge in [0.05, 0.1) is 11.2 Å². The average molecular weight is 307 g/mol. The molecule has 7 heteroatoms. The molecule has 0 spiro atoms. The number of hydrogen-bond acceptors (Lipinski definition) is 4. The van der Waals surface area contributed by atoms with E-state index in [9.17, 15) is 4.79 Å². The third kappa shape index (κ3) is 4.29. The second-order valence-electron chi connectivity index (χ2n) is 4.98. The fraction of sp³-hybridized carbons (Fsp3) is 0.500. The summed E-state index contributed by atoms with van der Waals surface area (Å²) in [5.41, 5.74) is 0. The lowest BCUT2D eigenvalue weighted by Crippen LogP contribution is -2.32. The number of anilines is 1. The number of carbonyl (C=O) groups is 1. The Bertz CT molecular complexity index is 592. The van der Waals surface area contributed by atoms with Gasteiger partial charge in [-0.3, -0.25) is 5.32 Å². The number of urea groups is 1. The van der Waals surface area contributed by atoms with Crippen molar-refractivity contribution < 1.29 is 4.79 Å². The molecule has 2 N–H and O–H groups in total. The van der Waals surface area contributed by atoms with E-state index in [0.717, 1.165) is 18.0 Å². The molecule has 0 bridgehead atoms. The number of aryl methyl sites for hydroxylation is 2. The van der Waals surface area contributed by atoms with Gasteiger partial charge in [-0.1, -0.05) is 13.8 Å². The van der Waals surface area contributed by atoms with Crippen molar-refractivity contribution in [3.63, 3.8) is 0 Å². The van der Waals surface area contributed by atoms with Crippen molar-refractivity contribution in [2.24, 2.45) is 0 Å². The molecule has 2 rings (SSSR count). The summed E-state index contributed by atoms with van der Waals surface area (Å²) in [4.78, 5) is 17.5. The van der Waals surface area contributed by atoms with E-state index < -0.39 is 0 Å². The Morgan fingerprint density at radius 2 is 2.33 bits per heavy atom. The molecule has 0 saturated heterocycles. The minimum atomic E-state index is -0.215. The fourth-order valence-electron chi connectivity index (χ4n) is 1.92. The molecular formula is C14H21N5OS. The molecule has 21 heavy (non-hydrogen) atoms. The molecule has 2 aromatic rings. The minimum absolute atomic E-state index is 0.204. The Balaban J connectivity index is 1.83. The number of nitrogens with zero attached hydrogens (tertiary/aromatic N) is 3. The first-order valence-electron chi connectivity index (χ1n) is 7.09. The van der Waals surface area contributed by atoms with Gasteiger partial charge in [0.25, 0.3) is 0 Å². The van der Waals surface area contributed by atoms with Crippen LogP contribution in [-0.2, 0) is 6.54 Å². The van der Waals surface area contributed by atoms with E-state index in [1.54, 1.807) is 28.3 Å². The summed E-state index contributed by atoms with van der Waals surface area (Å²) in [7, 11) is 0. The molecule has 0 unspecified atom stereocenters. The standard InChI is InChI=1S/C14H21N5OS/c1-4-7-19-12(5-6-17-19)18-14(20)16-8-10(2)13-15-9-11(3)21-13/h5-6,9-10H,4,7-8H2,1-3H3,(H2,16,18,20)/t10-/m0/s1. The van der Waals surface area contributed by atoms with E-state index in [1.165, 1.54) is 4.88 Å². The molecule has 0 saturated carbocycles. The van der Waals surface area contributed by atoms with Crippen molar-refractivity contribution in [3.8, 4) is 0 Å². The molecule has 0 aliphatic carbocycles. The summed E-state index contributed by atoms with van der Waals surface area (Å²) in [6.45, 7) is 7.50. The van der Waals surface area contributed by atoms with E-state index in [-0.39, 0.29) is 11.9 Å². The number of carbonyl (C=O) groups excluding carboxylic acids is 1. The molecule has 2 aromatic heterocycles. The van der Waals surface area contributed by atoms with E-state index in [0.29, 0.717) is 12.4 Å². The number of thiazole rings is 1. The van der Waals surface area contributed by atoms with Gasteiger partial charge >= 0.3 is 6.03 Å². The van der Waals surface area contributed by atoms with Gasteiger partial charge in [0.2, 0.25) is 0 Å². The number of rotatable bonds is 6. The molecular weight excluding hydrogens is 286 g/mol. The van der Waals surface area contributed by atoms with Crippen molar-refractivity contribution in [1.29, 1.82) is 0 Å². The SMILES string of the molecule is CCCn1nccc1NC(=O)NC[C@H](C)c1ncc(C)s1. The van der Waals surface area contributed by atoms with Crippen molar-refractivity contribution in [3.05, 3.63) is 28.3 Å². The van der Waals surface area contributed by atoms with Crippen LogP contribution < -0.4 is 10.6 Å². The Morgan fingerprint density at radius 1 is 1.52 bits per heavy atom. The first-order chi connectivity index (χ1) is 10.1. The summed E-state index contributed by atoms with van der Waals surface area (Å²) in [6, 6.07) is 1.58. The van der Waals surface area contributed by atoms with Gasteiger partial charge in [0, 0.05) is 36.1 Å². The molecule has 6 nitrogen and oxygen atoms in total. The summed E-state index contributed by atoms with van der Waals surface area (Å²) in [6.07, 6.45) is 4.52. The predicted molar refractivity (Wildman–Crippen MR) is 84.8 cm³/mol. The zero-order valence-corrected chi connectivity index (χ0v) is 13.4. The molecule has 0 aliphatic rings. The van der Waals surface area contributed by atoms with E-state index >= 15 is 0 Å². The van der Waals surface area contributed by atoms with Crippen LogP contribution in [0.25, 0.3) is 0 Å². The van der Waals surface area contributed by atoms with Crippen molar-refractivity contribution in [2.45, 2.75) is 39.7 Å². The molecule has 2 heterocycles. The summed E-state index contributed by atoms with van der Waals surface area (Å²) in [5.74, 6) is 0.919. The Kier molecular flexibility index (Phi) is 5.32. The molecule has 1 atom stereocenters. The summed E-state index contributed by atoms with van der Waals surface area (Å²) in [5, 5.41) is 10.9. The molecule has 0 fully saturated rings. The van der Waals surface area contributed by atoms with Crippen molar-refractivity contribution in [1.82, 2.24) is 20.1 Å². The lowest BCUT2D eigenvalue weighted by Gasteiger charge is -2.12. The average Bonchev–Trinajstić information content (AvgIpc) is 3.06. The van der Waals surface area contributed by atoms with Crippen LogP contribution in [0.15, 0.2) is 18.5 Å². The van der Waals surface area contributed by atoms with Crippen LogP contribution in [0.2, 0.25) is 0 Å². The number of hydrogen-bond donors (Lipinski definition) is 2. The van der Waals surface area contributed by atoms with Gasteiger partial charge in [-0.2, -0.15) is 5.10 Å². The van der Waals surface area contributed by atoms with Crippen LogP contribution in [0.1, 0.15) is 36.1 Å². The third-order valence-corrected chi connectivity index (χ3v) is 4.17. The lowest BCUT2D eigenvalue weighted by atomic mass is 10.2. The van der Waals surface area contributed by atoms with Crippen LogP contribution in [0.4, 0.5) is 10.6 Å². The highest BCUT2D eigenvalue weighted by molar-refractivity contribution is 7.11. The normalized spacial score (nSPS) is 12.1. The lowest BCUT2D eigenvalue weighted by molar-refractivity contribution is 0.251. The zero-order valence-electron chi connectivity index (χ0n) is 12.6. The summed E-state index contributed by atoms with van der Waals surface area (Å²) < 4.78 is 1.78. The highest BCUT2D eigenvalue weighted by Crippen LogP contribution is 2.20. The maximum absolute atomic E-state index is 11.9. The topological polar surface area (TPSA) is 71.8 Å². The van der Waals surface area contributed by atoms with Crippen LogP contribution in [0, 0.1) is 6.92 Å². The number of nitrogens with one attached hydrogen (secondary N) is 2. The van der Waals surface area contributed by atoms with Gasteiger partial charge in [-0.05, 0) is 13.3 Å². The van der Waals surface area contributed by atoms with Crippen LogP contribution in [0.3, 0.4) is 0 Å². The molecule has 0 aromatic carbocycles. The smallest absolute Gasteiger partial charge is 0.320 e. The first kappa shape index (κ1) is 15.5. The number of amides is 2. The molecule has 0 aliphatic heterocycles. The molecule has 114 valence electrons. The monoisotopic (exact) mass is 307 g/mol. The highest BCUT2D eigenvalue weighted by atomic mass is 32.1. The predicted octanol–water partition coefficient (Wildman–Crippen LogP) is 2.98. The highest BCUT2D eigenvalue weighted by Gasteiger charge is 2.12. The van der Waals surface area contributed by atoms with E-state index in [2.05, 4.69) is 34.6 Å². The third-order valence-electron chi connectivity index (χ3n) is 3.02. The first-order valence-corrected chi connectivity index (χ1v) is 7.90. The van der Waals surface area contributed by atoms with Gasteiger partial charge in [-0.15, -0.1) is 11.3 Å². The maximum atomic E-state index is 11.9. The van der Waals surface area contributed by atoms with Gasteiger partial charge in [-0.25, -0.2) is 14.5 Å². The van der Waals surface area contributed by atoms with Crippen LogP contribution in [-0.4, -0.2) is 27.3 Å². The Hall–Kier alpha value is -1.89. The Morgan fingerprint density at radius 3 is 3.00 bits per heavy atom. The van der Waals surface area contributed by atoms with Gasteiger partial charge < -0.3 is 5.32 Å². The van der Waals surface area contributed by atoms with Crippen molar-refractivity contribution >= 4 is 23.2 Å². The minimum Gasteiger partial charge on any atom is -0.337 e. The van der Waals surface area contributed by atoms with Crippen LogP contribution >= 0.6 is 11.3 Å². The summed E-state index contributed by atoms with van der Waals surface area (Å²) >= 11 is 1.66. The fourth-order valence-corrected chi connectivity index (χ4v) is 2.75. The van der Waals surface area contributed by atoms with E-state index in [4.69, 9.17) is 0 Å². The van der Waals surface area contributed by atoms with Crippen LogP contribution in [0.5, 0.6) is 0 Å². The largest absolute Gasteiger partial charge is 0.337 e. The van der Waals surface area contributed by atoms with Gasteiger partial charge in [0.15, 0.2) is 0 Å². The molecule has 2 amide bonds. The van der Waals surface area contributed by atoms with E-state index in [1.807, 2.05) is 13.1 Å². The second kappa shape index (κ2) is 7.21. The van der Waals surface area contributed by atoms with Gasteiger partial charge in [0.1, 0.15) is 5.82 Å². The van der Waals surface area contributed by atoms with Crippen molar-refractivity contribution in [2.75, 3.05) is 11.9 Å². The zero-order chi connectivity index (χ0) is 15.2. The number of aromatic nitrogens is 3.